The highest BCUT2D eigenvalue weighted by atomic mass is 79.9. The highest BCUT2D eigenvalue weighted by Gasteiger charge is 2.20. The van der Waals surface area contributed by atoms with E-state index in [1.54, 1.807) is 0 Å². The molecule has 0 heterocycles. The Morgan fingerprint density at radius 3 is 2.50 bits per heavy atom. The standard InChI is InChI=1S/C10H11BrFNO4S/c1-18(16,17)9-6(11)2-5(3-7(9)12)4-8(13)10(14)15/h2-3,8H,4,13H2,1H3,(H,14,15). The molecule has 1 rings (SSSR count). The molecule has 0 radical (unpaired) electrons. The van der Waals surface area contributed by atoms with Crippen LogP contribution in [0.4, 0.5) is 4.39 Å². The Kier molecular flexibility index (Phi) is 4.46. The predicted molar refractivity (Wildman–Crippen MR) is 66.5 cm³/mol. The third-order valence-electron chi connectivity index (χ3n) is 2.20. The van der Waals surface area contributed by atoms with E-state index < -0.39 is 32.6 Å². The summed E-state index contributed by atoms with van der Waals surface area (Å²) in [5.74, 6) is -2.14. The number of carboxylic acids is 1. The first kappa shape index (κ1) is 15.1. The zero-order valence-corrected chi connectivity index (χ0v) is 11.8. The summed E-state index contributed by atoms with van der Waals surface area (Å²) in [5.41, 5.74) is 5.62. The van der Waals surface area contributed by atoms with Crippen molar-refractivity contribution in [1.82, 2.24) is 0 Å². The van der Waals surface area contributed by atoms with Crippen LogP contribution in [-0.4, -0.2) is 31.8 Å². The monoisotopic (exact) mass is 339 g/mol. The van der Waals surface area contributed by atoms with E-state index in [0.29, 0.717) is 5.56 Å². The van der Waals surface area contributed by atoms with Crippen LogP contribution in [0.25, 0.3) is 0 Å². The van der Waals surface area contributed by atoms with Crippen molar-refractivity contribution in [3.8, 4) is 0 Å². The molecule has 0 spiro atoms. The number of rotatable bonds is 4. The fourth-order valence-electron chi connectivity index (χ4n) is 1.43. The van der Waals surface area contributed by atoms with Crippen LogP contribution in [0.2, 0.25) is 0 Å². The lowest BCUT2D eigenvalue weighted by atomic mass is 10.1. The van der Waals surface area contributed by atoms with Crippen LogP contribution < -0.4 is 5.73 Å². The molecule has 1 unspecified atom stereocenters. The lowest BCUT2D eigenvalue weighted by molar-refractivity contribution is -0.138. The van der Waals surface area contributed by atoms with Crippen LogP contribution in [0.5, 0.6) is 0 Å². The maximum Gasteiger partial charge on any atom is 0.320 e. The second-order valence-electron chi connectivity index (χ2n) is 3.81. The number of benzene rings is 1. The lowest BCUT2D eigenvalue weighted by Gasteiger charge is -2.10. The van der Waals surface area contributed by atoms with Crippen LogP contribution in [0.15, 0.2) is 21.5 Å². The summed E-state index contributed by atoms with van der Waals surface area (Å²) in [5, 5.41) is 8.64. The third kappa shape index (κ3) is 3.50. The average molecular weight is 340 g/mol. The molecule has 1 aromatic rings. The van der Waals surface area contributed by atoms with Crippen molar-refractivity contribution in [3.05, 3.63) is 28.0 Å². The number of sulfone groups is 1. The van der Waals surface area contributed by atoms with E-state index in [1.165, 1.54) is 6.07 Å². The van der Waals surface area contributed by atoms with Crippen molar-refractivity contribution >= 4 is 31.7 Å². The highest BCUT2D eigenvalue weighted by molar-refractivity contribution is 9.10. The summed E-state index contributed by atoms with van der Waals surface area (Å²) in [4.78, 5) is 10.1. The van der Waals surface area contributed by atoms with Crippen molar-refractivity contribution < 1.29 is 22.7 Å². The second kappa shape index (κ2) is 5.33. The smallest absolute Gasteiger partial charge is 0.320 e. The summed E-state index contributed by atoms with van der Waals surface area (Å²) < 4.78 is 36.4. The lowest BCUT2D eigenvalue weighted by Crippen LogP contribution is -2.32. The second-order valence-corrected chi connectivity index (χ2v) is 6.62. The molecular formula is C10H11BrFNO4S. The van der Waals surface area contributed by atoms with E-state index in [4.69, 9.17) is 10.8 Å². The van der Waals surface area contributed by atoms with Gasteiger partial charge in [0.25, 0.3) is 0 Å². The Hall–Kier alpha value is -0.990. The molecule has 1 atom stereocenters. The first-order chi connectivity index (χ1) is 8.12. The summed E-state index contributed by atoms with van der Waals surface area (Å²) >= 11 is 2.95. The minimum atomic E-state index is -3.70. The van der Waals surface area contributed by atoms with Gasteiger partial charge < -0.3 is 10.8 Å². The van der Waals surface area contributed by atoms with Crippen LogP contribution in [0, 0.1) is 5.82 Å². The minimum Gasteiger partial charge on any atom is -0.480 e. The van der Waals surface area contributed by atoms with E-state index in [2.05, 4.69) is 15.9 Å². The SMILES string of the molecule is CS(=O)(=O)c1c(F)cc(CC(N)C(=O)O)cc1Br. The van der Waals surface area contributed by atoms with Gasteiger partial charge in [0.1, 0.15) is 16.8 Å². The summed E-state index contributed by atoms with van der Waals surface area (Å²) in [6.07, 6.45) is 0.799. The van der Waals surface area contributed by atoms with E-state index >= 15 is 0 Å². The highest BCUT2D eigenvalue weighted by Crippen LogP contribution is 2.27. The summed E-state index contributed by atoms with van der Waals surface area (Å²) in [6.45, 7) is 0. The predicted octanol–water partition coefficient (Wildman–Crippen LogP) is 0.946. The molecule has 0 bridgehead atoms. The van der Waals surface area contributed by atoms with Gasteiger partial charge in [0, 0.05) is 10.7 Å². The van der Waals surface area contributed by atoms with Crippen molar-refractivity contribution in [2.75, 3.05) is 6.26 Å². The van der Waals surface area contributed by atoms with Crippen molar-refractivity contribution in [1.29, 1.82) is 0 Å². The Morgan fingerprint density at radius 2 is 2.11 bits per heavy atom. The first-order valence-corrected chi connectivity index (χ1v) is 7.47. The molecule has 100 valence electrons. The number of carboxylic acid groups (broad SMARTS) is 1. The van der Waals surface area contributed by atoms with Crippen LogP contribution in [-0.2, 0) is 21.1 Å². The Morgan fingerprint density at radius 1 is 1.56 bits per heavy atom. The van der Waals surface area contributed by atoms with Gasteiger partial charge in [0.2, 0.25) is 0 Å². The molecule has 18 heavy (non-hydrogen) atoms. The average Bonchev–Trinajstić information content (AvgIpc) is 2.13. The zero-order chi connectivity index (χ0) is 14.1. The van der Waals surface area contributed by atoms with Gasteiger partial charge in [0.05, 0.1) is 0 Å². The van der Waals surface area contributed by atoms with Gasteiger partial charge in [-0.05, 0) is 40.0 Å². The van der Waals surface area contributed by atoms with Gasteiger partial charge in [-0.1, -0.05) is 0 Å². The number of hydrogen-bond donors (Lipinski definition) is 2. The van der Waals surface area contributed by atoms with Gasteiger partial charge in [0.15, 0.2) is 9.84 Å². The molecule has 0 aliphatic heterocycles. The quantitative estimate of drug-likeness (QED) is 0.850. The molecule has 0 aliphatic carbocycles. The first-order valence-electron chi connectivity index (χ1n) is 4.79. The molecule has 0 amide bonds. The molecule has 5 nitrogen and oxygen atoms in total. The molecule has 3 N–H and O–H groups in total. The largest absolute Gasteiger partial charge is 0.480 e. The summed E-state index contributed by atoms with van der Waals surface area (Å²) in [6, 6.07) is 1.16. The fourth-order valence-corrected chi connectivity index (χ4v) is 3.62. The molecule has 0 aromatic heterocycles. The number of halogens is 2. The number of carbonyl (C=O) groups is 1. The molecule has 0 aliphatic rings. The number of hydrogen-bond acceptors (Lipinski definition) is 4. The van der Waals surface area contributed by atoms with Gasteiger partial charge in [-0.15, -0.1) is 0 Å². The van der Waals surface area contributed by atoms with Crippen LogP contribution in [0.1, 0.15) is 5.56 Å². The van der Waals surface area contributed by atoms with Gasteiger partial charge in [-0.2, -0.15) is 0 Å². The number of aliphatic carboxylic acids is 1. The number of nitrogens with two attached hydrogens (primary N) is 1. The van der Waals surface area contributed by atoms with Crippen LogP contribution in [0.3, 0.4) is 0 Å². The van der Waals surface area contributed by atoms with E-state index in [-0.39, 0.29) is 10.9 Å². The molecule has 0 saturated heterocycles. The molecular weight excluding hydrogens is 329 g/mol. The molecule has 8 heteroatoms. The molecule has 1 aromatic carbocycles. The topological polar surface area (TPSA) is 97.5 Å². The van der Waals surface area contributed by atoms with E-state index in [1.807, 2.05) is 0 Å². The van der Waals surface area contributed by atoms with Gasteiger partial charge in [-0.3, -0.25) is 4.79 Å². The fraction of sp³-hybridized carbons (Fsp3) is 0.300. The van der Waals surface area contributed by atoms with Gasteiger partial charge >= 0.3 is 5.97 Å². The van der Waals surface area contributed by atoms with Crippen molar-refractivity contribution in [2.45, 2.75) is 17.4 Å². The zero-order valence-electron chi connectivity index (χ0n) is 9.35. The third-order valence-corrected chi connectivity index (χ3v) is 4.25. The van der Waals surface area contributed by atoms with Crippen LogP contribution >= 0.6 is 15.9 Å². The Bertz CT molecular complexity index is 565. The van der Waals surface area contributed by atoms with Gasteiger partial charge in [-0.25, -0.2) is 12.8 Å². The maximum atomic E-state index is 13.7. The normalized spacial score (nSPS) is 13.3. The van der Waals surface area contributed by atoms with Crippen molar-refractivity contribution in [3.63, 3.8) is 0 Å². The molecule has 0 saturated carbocycles. The van der Waals surface area contributed by atoms with E-state index in [0.717, 1.165) is 12.3 Å². The Labute approximate surface area is 112 Å². The Balaban J connectivity index is 3.20. The van der Waals surface area contributed by atoms with Crippen molar-refractivity contribution in [2.24, 2.45) is 5.73 Å². The summed E-state index contributed by atoms with van der Waals surface area (Å²) in [7, 11) is -3.70. The van der Waals surface area contributed by atoms with E-state index in [9.17, 15) is 17.6 Å². The maximum absolute atomic E-state index is 13.7. The minimum absolute atomic E-state index is 0.0533. The molecule has 0 fully saturated rings.